The molecular weight excluding hydrogens is 299 g/mol. The maximum atomic E-state index is 6.08. The first-order valence-electron chi connectivity index (χ1n) is 6.30. The van der Waals surface area contributed by atoms with Crippen molar-refractivity contribution in [3.8, 4) is 11.5 Å². The first-order chi connectivity index (χ1) is 9.40. The summed E-state index contributed by atoms with van der Waals surface area (Å²) in [5, 5.41) is 4.77. The van der Waals surface area contributed by atoms with E-state index in [0.717, 1.165) is 0 Å². The maximum absolute atomic E-state index is 6.08. The first-order valence-corrected chi connectivity index (χ1v) is 7.06. The topological polar surface area (TPSA) is 77.8 Å². The number of nitrogens with zero attached hydrogens (tertiary/aromatic N) is 3. The summed E-state index contributed by atoms with van der Waals surface area (Å²) < 4.78 is 5.32. The standard InChI is InChI=1S/C13H16Cl2N4O/c1-6(2)10(7(3)16)13-18-12(19-20-13)11-9(15)4-8(14)5-17-11/h4-7,10H,16H2,1-3H3. The normalized spacial score (nSPS) is 14.6. The van der Waals surface area contributed by atoms with Gasteiger partial charge in [-0.05, 0) is 18.9 Å². The molecule has 0 amide bonds. The number of rotatable bonds is 4. The van der Waals surface area contributed by atoms with Crippen molar-refractivity contribution in [2.75, 3.05) is 0 Å². The zero-order valence-electron chi connectivity index (χ0n) is 11.5. The quantitative estimate of drug-likeness (QED) is 0.934. The van der Waals surface area contributed by atoms with Crippen LogP contribution in [0.25, 0.3) is 11.5 Å². The second-order valence-electron chi connectivity index (χ2n) is 5.07. The molecule has 7 heteroatoms. The maximum Gasteiger partial charge on any atom is 0.231 e. The van der Waals surface area contributed by atoms with Gasteiger partial charge in [-0.1, -0.05) is 42.2 Å². The molecular formula is C13H16Cl2N4O. The van der Waals surface area contributed by atoms with Crippen molar-refractivity contribution in [2.45, 2.75) is 32.7 Å². The molecule has 2 rings (SSSR count). The third-order valence-electron chi connectivity index (χ3n) is 3.03. The lowest BCUT2D eigenvalue weighted by atomic mass is 9.90. The Balaban J connectivity index is 2.37. The van der Waals surface area contributed by atoms with Gasteiger partial charge in [0.25, 0.3) is 0 Å². The van der Waals surface area contributed by atoms with Crippen molar-refractivity contribution in [1.82, 2.24) is 15.1 Å². The molecule has 2 unspecified atom stereocenters. The van der Waals surface area contributed by atoms with Gasteiger partial charge in [0.05, 0.1) is 16.0 Å². The summed E-state index contributed by atoms with van der Waals surface area (Å²) in [7, 11) is 0. The smallest absolute Gasteiger partial charge is 0.231 e. The third-order valence-corrected chi connectivity index (χ3v) is 3.53. The van der Waals surface area contributed by atoms with Crippen LogP contribution in [0.5, 0.6) is 0 Å². The van der Waals surface area contributed by atoms with Gasteiger partial charge in [0.1, 0.15) is 5.69 Å². The second kappa shape index (κ2) is 6.08. The highest BCUT2D eigenvalue weighted by Crippen LogP contribution is 2.30. The molecule has 0 aliphatic carbocycles. The number of hydrogen-bond acceptors (Lipinski definition) is 5. The Morgan fingerprint density at radius 1 is 1.25 bits per heavy atom. The number of pyridine rings is 1. The van der Waals surface area contributed by atoms with Gasteiger partial charge in [-0.2, -0.15) is 4.98 Å². The summed E-state index contributed by atoms with van der Waals surface area (Å²) in [6.45, 7) is 6.04. The van der Waals surface area contributed by atoms with Gasteiger partial charge in [0.2, 0.25) is 11.7 Å². The fourth-order valence-corrected chi connectivity index (χ4v) is 2.63. The largest absolute Gasteiger partial charge is 0.339 e. The van der Waals surface area contributed by atoms with Gasteiger partial charge in [-0.3, -0.25) is 0 Å². The van der Waals surface area contributed by atoms with Gasteiger partial charge in [-0.15, -0.1) is 0 Å². The lowest BCUT2D eigenvalue weighted by Crippen LogP contribution is -2.28. The zero-order chi connectivity index (χ0) is 14.9. The minimum Gasteiger partial charge on any atom is -0.339 e. The van der Waals surface area contributed by atoms with Crippen molar-refractivity contribution in [3.63, 3.8) is 0 Å². The van der Waals surface area contributed by atoms with Crippen LogP contribution in [0, 0.1) is 5.92 Å². The van der Waals surface area contributed by atoms with Gasteiger partial charge in [-0.25, -0.2) is 4.98 Å². The first kappa shape index (κ1) is 15.2. The van der Waals surface area contributed by atoms with Gasteiger partial charge >= 0.3 is 0 Å². The van der Waals surface area contributed by atoms with Crippen LogP contribution in [0.3, 0.4) is 0 Å². The van der Waals surface area contributed by atoms with E-state index in [-0.39, 0.29) is 17.9 Å². The van der Waals surface area contributed by atoms with E-state index in [9.17, 15) is 0 Å². The highest BCUT2D eigenvalue weighted by atomic mass is 35.5. The molecule has 0 radical (unpaired) electrons. The number of nitrogens with two attached hydrogens (primary N) is 1. The Bertz CT molecular complexity index is 590. The molecule has 0 saturated heterocycles. The molecule has 0 aromatic carbocycles. The van der Waals surface area contributed by atoms with Crippen LogP contribution in [0.1, 0.15) is 32.6 Å². The van der Waals surface area contributed by atoms with E-state index < -0.39 is 0 Å². The summed E-state index contributed by atoms with van der Waals surface area (Å²) in [4.78, 5) is 8.50. The molecule has 0 spiro atoms. The summed E-state index contributed by atoms with van der Waals surface area (Å²) in [5.41, 5.74) is 6.42. The molecule has 5 nitrogen and oxygen atoms in total. The molecule has 0 saturated carbocycles. The molecule has 108 valence electrons. The van der Waals surface area contributed by atoms with E-state index in [1.165, 1.54) is 6.20 Å². The van der Waals surface area contributed by atoms with Gasteiger partial charge in [0.15, 0.2) is 0 Å². The summed E-state index contributed by atoms with van der Waals surface area (Å²) in [6.07, 6.45) is 1.49. The Morgan fingerprint density at radius 3 is 2.50 bits per heavy atom. The molecule has 0 bridgehead atoms. The summed E-state index contributed by atoms with van der Waals surface area (Å²) in [5.74, 6) is 1.12. The molecule has 0 fully saturated rings. The lowest BCUT2D eigenvalue weighted by molar-refractivity contribution is 0.300. The second-order valence-corrected chi connectivity index (χ2v) is 5.91. The fourth-order valence-electron chi connectivity index (χ4n) is 2.16. The fraction of sp³-hybridized carbons (Fsp3) is 0.462. The van der Waals surface area contributed by atoms with Crippen LogP contribution in [0.4, 0.5) is 0 Å². The van der Waals surface area contributed by atoms with Crippen LogP contribution < -0.4 is 5.73 Å². The third kappa shape index (κ3) is 3.11. The molecule has 2 heterocycles. The van der Waals surface area contributed by atoms with Gasteiger partial charge < -0.3 is 10.3 Å². The van der Waals surface area contributed by atoms with Crippen molar-refractivity contribution >= 4 is 23.2 Å². The number of aromatic nitrogens is 3. The number of halogens is 2. The molecule has 20 heavy (non-hydrogen) atoms. The van der Waals surface area contributed by atoms with E-state index in [4.69, 9.17) is 33.5 Å². The average Bonchev–Trinajstić information content (AvgIpc) is 2.76. The number of hydrogen-bond donors (Lipinski definition) is 1. The minimum atomic E-state index is -0.0862. The zero-order valence-corrected chi connectivity index (χ0v) is 13.0. The Labute approximate surface area is 127 Å². The van der Waals surface area contributed by atoms with Crippen LogP contribution in [-0.2, 0) is 0 Å². The summed E-state index contributed by atoms with van der Waals surface area (Å²) in [6, 6.07) is 1.50. The molecule has 0 aliphatic heterocycles. The van der Waals surface area contributed by atoms with Gasteiger partial charge in [0, 0.05) is 12.2 Å². The van der Waals surface area contributed by atoms with Crippen molar-refractivity contribution in [3.05, 3.63) is 28.2 Å². The van der Waals surface area contributed by atoms with Crippen LogP contribution >= 0.6 is 23.2 Å². The summed E-state index contributed by atoms with van der Waals surface area (Å²) >= 11 is 11.9. The van der Waals surface area contributed by atoms with Crippen LogP contribution in [-0.4, -0.2) is 21.2 Å². The molecule has 2 atom stereocenters. The molecule has 2 N–H and O–H groups in total. The SMILES string of the molecule is CC(C)C(c1nc(-c2ncc(Cl)cc2Cl)no1)C(C)N. The highest BCUT2D eigenvalue weighted by Gasteiger charge is 2.27. The lowest BCUT2D eigenvalue weighted by Gasteiger charge is -2.20. The Hall–Kier alpha value is -1.17. The Kier molecular flexibility index (Phi) is 4.62. The van der Waals surface area contributed by atoms with E-state index in [1.54, 1.807) is 6.07 Å². The predicted molar refractivity (Wildman–Crippen MR) is 78.8 cm³/mol. The van der Waals surface area contributed by atoms with E-state index in [2.05, 4.69) is 29.0 Å². The Morgan fingerprint density at radius 2 is 1.95 bits per heavy atom. The molecule has 2 aromatic heterocycles. The molecule has 0 aliphatic rings. The van der Waals surface area contributed by atoms with Crippen LogP contribution in [0.15, 0.2) is 16.8 Å². The molecule has 2 aromatic rings. The average molecular weight is 315 g/mol. The van der Waals surface area contributed by atoms with Crippen molar-refractivity contribution in [2.24, 2.45) is 11.7 Å². The monoisotopic (exact) mass is 314 g/mol. The van der Waals surface area contributed by atoms with Crippen LogP contribution in [0.2, 0.25) is 10.0 Å². The van der Waals surface area contributed by atoms with E-state index in [0.29, 0.717) is 27.5 Å². The predicted octanol–water partition coefficient (Wildman–Crippen LogP) is 3.53. The van der Waals surface area contributed by atoms with Crippen molar-refractivity contribution in [1.29, 1.82) is 0 Å². The highest BCUT2D eigenvalue weighted by molar-refractivity contribution is 6.35. The van der Waals surface area contributed by atoms with E-state index in [1.807, 2.05) is 6.92 Å². The van der Waals surface area contributed by atoms with E-state index >= 15 is 0 Å². The minimum absolute atomic E-state index is 0.0117. The van der Waals surface area contributed by atoms with Crippen molar-refractivity contribution < 1.29 is 4.52 Å².